The number of carbonyl (C=O) groups excluding carboxylic acids is 1. The normalized spacial score (nSPS) is 17.8. The number of carbonyl (C=O) groups is 1. The zero-order valence-corrected chi connectivity index (χ0v) is 13.9. The van der Waals surface area contributed by atoms with Gasteiger partial charge < -0.3 is 9.64 Å². The molecule has 2 aromatic heterocycles. The molecule has 1 saturated heterocycles. The number of hydrogen-bond donors (Lipinski definition) is 0. The first-order valence-corrected chi connectivity index (χ1v) is 8.30. The van der Waals surface area contributed by atoms with Gasteiger partial charge in [0.25, 0.3) is 5.91 Å². The third-order valence-corrected chi connectivity index (χ3v) is 4.22. The molecule has 1 aliphatic heterocycles. The molecule has 1 unspecified atom stereocenters. The summed E-state index contributed by atoms with van der Waals surface area (Å²) in [5.41, 5.74) is -0.532. The Bertz CT molecular complexity index is 753. The highest BCUT2D eigenvalue weighted by Crippen LogP contribution is 2.35. The lowest BCUT2D eigenvalue weighted by Crippen LogP contribution is -2.42. The van der Waals surface area contributed by atoms with Crippen LogP contribution in [0.3, 0.4) is 0 Å². The van der Waals surface area contributed by atoms with E-state index in [-0.39, 0.29) is 18.4 Å². The number of likely N-dealkylation sites (tertiary alicyclic amines) is 1. The quantitative estimate of drug-likeness (QED) is 0.833. The van der Waals surface area contributed by atoms with Gasteiger partial charge in [-0.2, -0.15) is 13.2 Å². The second-order valence-electron chi connectivity index (χ2n) is 6.14. The van der Waals surface area contributed by atoms with Crippen LogP contribution in [0.2, 0.25) is 0 Å². The van der Waals surface area contributed by atoms with Crippen molar-refractivity contribution in [1.82, 2.24) is 14.9 Å². The van der Waals surface area contributed by atoms with Gasteiger partial charge in [0.1, 0.15) is 11.3 Å². The van der Waals surface area contributed by atoms with Crippen molar-refractivity contribution < 1.29 is 22.7 Å². The Morgan fingerprint density at radius 2 is 2.00 bits per heavy atom. The maximum absolute atomic E-state index is 13.0. The molecular formula is C18H18F3N3O2. The largest absolute Gasteiger partial charge is 0.477 e. The van der Waals surface area contributed by atoms with Gasteiger partial charge in [0.2, 0.25) is 5.88 Å². The fourth-order valence-electron chi connectivity index (χ4n) is 2.96. The minimum atomic E-state index is -4.52. The number of hydrogen-bond acceptors (Lipinski definition) is 4. The van der Waals surface area contributed by atoms with Crippen LogP contribution in [0.25, 0.3) is 0 Å². The number of rotatable bonds is 4. The second-order valence-corrected chi connectivity index (χ2v) is 6.14. The third-order valence-electron chi connectivity index (χ3n) is 4.22. The van der Waals surface area contributed by atoms with Gasteiger partial charge in [-0.1, -0.05) is 6.07 Å². The highest BCUT2D eigenvalue weighted by molar-refractivity contribution is 5.92. The van der Waals surface area contributed by atoms with E-state index in [1.165, 1.54) is 12.3 Å². The first kappa shape index (κ1) is 18.2. The van der Waals surface area contributed by atoms with Crippen molar-refractivity contribution in [3.63, 3.8) is 0 Å². The molecule has 26 heavy (non-hydrogen) atoms. The maximum Gasteiger partial charge on any atom is 0.421 e. The van der Waals surface area contributed by atoms with Gasteiger partial charge in [0.05, 0.1) is 6.61 Å². The number of amides is 1. The van der Waals surface area contributed by atoms with Gasteiger partial charge in [-0.05, 0) is 37.1 Å². The maximum atomic E-state index is 13.0. The molecular weight excluding hydrogens is 347 g/mol. The summed E-state index contributed by atoms with van der Waals surface area (Å²) in [5, 5.41) is 0. The second kappa shape index (κ2) is 7.72. The summed E-state index contributed by atoms with van der Waals surface area (Å²) in [6.07, 6.45) is -0.155. The van der Waals surface area contributed by atoms with Crippen molar-refractivity contribution in [2.24, 2.45) is 5.92 Å². The van der Waals surface area contributed by atoms with Crippen LogP contribution < -0.4 is 4.74 Å². The van der Waals surface area contributed by atoms with Crippen LogP contribution in [0.15, 0.2) is 42.7 Å². The molecule has 3 heterocycles. The first-order chi connectivity index (χ1) is 12.4. The summed E-state index contributed by atoms with van der Waals surface area (Å²) < 4.78 is 44.3. The third kappa shape index (κ3) is 4.30. The van der Waals surface area contributed by atoms with E-state index in [1.54, 1.807) is 29.3 Å². The highest BCUT2D eigenvalue weighted by Gasteiger charge is 2.35. The molecule has 0 N–H and O–H groups in total. The lowest BCUT2D eigenvalue weighted by atomic mass is 9.98. The molecule has 5 nitrogen and oxygen atoms in total. The van der Waals surface area contributed by atoms with Crippen LogP contribution in [-0.4, -0.2) is 40.5 Å². The lowest BCUT2D eigenvalue weighted by Gasteiger charge is -2.32. The van der Waals surface area contributed by atoms with E-state index in [0.717, 1.165) is 18.9 Å². The standard InChI is InChI=1S/C18H18F3N3O2/c19-18(20,21)14-6-3-9-23-16(14)26-12-13-5-4-10-24(11-13)17(25)15-7-1-2-8-22-15/h1-3,6-9,13H,4-5,10-12H2. The van der Waals surface area contributed by atoms with Gasteiger partial charge in [0, 0.05) is 31.4 Å². The van der Waals surface area contributed by atoms with Crippen molar-refractivity contribution in [3.8, 4) is 5.88 Å². The van der Waals surface area contributed by atoms with Crippen molar-refractivity contribution in [2.75, 3.05) is 19.7 Å². The molecule has 1 amide bonds. The average molecular weight is 365 g/mol. The van der Waals surface area contributed by atoms with Crippen molar-refractivity contribution >= 4 is 5.91 Å². The molecule has 0 saturated carbocycles. The fraction of sp³-hybridized carbons (Fsp3) is 0.389. The molecule has 1 fully saturated rings. The highest BCUT2D eigenvalue weighted by atomic mass is 19.4. The minimum Gasteiger partial charge on any atom is -0.477 e. The Balaban J connectivity index is 1.62. The number of aromatic nitrogens is 2. The SMILES string of the molecule is O=C(c1ccccn1)N1CCCC(COc2ncccc2C(F)(F)F)C1. The van der Waals surface area contributed by atoms with Crippen molar-refractivity contribution in [1.29, 1.82) is 0 Å². The van der Waals surface area contributed by atoms with E-state index in [2.05, 4.69) is 9.97 Å². The Morgan fingerprint density at radius 1 is 1.19 bits per heavy atom. The van der Waals surface area contributed by atoms with E-state index in [9.17, 15) is 18.0 Å². The molecule has 1 atom stereocenters. The smallest absolute Gasteiger partial charge is 0.421 e. The van der Waals surface area contributed by atoms with Crippen molar-refractivity contribution in [3.05, 3.63) is 54.0 Å². The molecule has 0 radical (unpaired) electrons. The van der Waals surface area contributed by atoms with Gasteiger partial charge in [-0.15, -0.1) is 0 Å². The molecule has 0 spiro atoms. The number of nitrogens with zero attached hydrogens (tertiary/aromatic N) is 3. The van der Waals surface area contributed by atoms with Crippen molar-refractivity contribution in [2.45, 2.75) is 19.0 Å². The lowest BCUT2D eigenvalue weighted by molar-refractivity contribution is -0.139. The zero-order valence-electron chi connectivity index (χ0n) is 13.9. The Morgan fingerprint density at radius 3 is 2.73 bits per heavy atom. The summed E-state index contributed by atoms with van der Waals surface area (Å²) in [6, 6.07) is 7.29. The van der Waals surface area contributed by atoms with Gasteiger partial charge in [-0.3, -0.25) is 9.78 Å². The number of pyridine rings is 2. The first-order valence-electron chi connectivity index (χ1n) is 8.30. The monoisotopic (exact) mass is 365 g/mol. The van der Waals surface area contributed by atoms with Crippen LogP contribution in [0.5, 0.6) is 5.88 Å². The zero-order chi connectivity index (χ0) is 18.6. The van der Waals surface area contributed by atoms with Gasteiger partial charge >= 0.3 is 6.18 Å². The van der Waals surface area contributed by atoms with E-state index < -0.39 is 17.6 Å². The predicted molar refractivity (Wildman–Crippen MR) is 87.6 cm³/mol. The van der Waals surface area contributed by atoms with Crippen LogP contribution in [0.1, 0.15) is 28.9 Å². The van der Waals surface area contributed by atoms with Crippen LogP contribution in [-0.2, 0) is 6.18 Å². The summed E-state index contributed by atoms with van der Waals surface area (Å²) in [6.45, 7) is 1.10. The summed E-state index contributed by atoms with van der Waals surface area (Å²) in [7, 11) is 0. The van der Waals surface area contributed by atoms with Crippen LogP contribution in [0.4, 0.5) is 13.2 Å². The molecule has 1 aliphatic rings. The Labute approximate surface area is 148 Å². The number of piperidine rings is 1. The molecule has 3 rings (SSSR count). The molecule has 0 bridgehead atoms. The summed E-state index contributed by atoms with van der Waals surface area (Å²) >= 11 is 0. The molecule has 2 aromatic rings. The number of halogens is 3. The minimum absolute atomic E-state index is 0.0560. The Kier molecular flexibility index (Phi) is 5.39. The van der Waals surface area contributed by atoms with E-state index in [4.69, 9.17) is 4.74 Å². The fourth-order valence-corrected chi connectivity index (χ4v) is 2.96. The van der Waals surface area contributed by atoms with E-state index >= 15 is 0 Å². The topological polar surface area (TPSA) is 55.3 Å². The van der Waals surface area contributed by atoms with Crippen LogP contribution >= 0.6 is 0 Å². The van der Waals surface area contributed by atoms with E-state index in [1.807, 2.05) is 0 Å². The predicted octanol–water partition coefficient (Wildman–Crippen LogP) is 3.43. The molecule has 0 aliphatic carbocycles. The number of ether oxygens (including phenoxy) is 1. The average Bonchev–Trinajstić information content (AvgIpc) is 2.66. The summed E-state index contributed by atoms with van der Waals surface area (Å²) in [5.74, 6) is -0.656. The molecule has 8 heteroatoms. The van der Waals surface area contributed by atoms with E-state index in [0.29, 0.717) is 18.8 Å². The van der Waals surface area contributed by atoms with Crippen LogP contribution in [0, 0.1) is 5.92 Å². The Hall–Kier alpha value is -2.64. The van der Waals surface area contributed by atoms with Gasteiger partial charge in [-0.25, -0.2) is 4.98 Å². The summed E-state index contributed by atoms with van der Waals surface area (Å²) in [4.78, 5) is 21.9. The number of alkyl halides is 3. The molecule has 138 valence electrons. The molecule has 0 aromatic carbocycles. The van der Waals surface area contributed by atoms with Gasteiger partial charge in [0.15, 0.2) is 0 Å².